The molecule has 1 fully saturated rings. The smallest absolute Gasteiger partial charge is 0.262 e. The van der Waals surface area contributed by atoms with Crippen LogP contribution in [0.2, 0.25) is 0 Å². The summed E-state index contributed by atoms with van der Waals surface area (Å²) in [5.41, 5.74) is 0.844. The van der Waals surface area contributed by atoms with Gasteiger partial charge in [-0.15, -0.1) is 0 Å². The van der Waals surface area contributed by atoms with Crippen LogP contribution in [-0.4, -0.2) is 53.4 Å². The predicted molar refractivity (Wildman–Crippen MR) is 90.6 cm³/mol. The number of nitrogens with one attached hydrogen (secondary N) is 1. The highest BCUT2D eigenvalue weighted by Gasteiger charge is 2.33. The van der Waals surface area contributed by atoms with Crippen LogP contribution in [0, 0.1) is 11.3 Å². The highest BCUT2D eigenvalue weighted by atomic mass is 32.2. The van der Waals surface area contributed by atoms with Gasteiger partial charge in [0.15, 0.2) is 5.17 Å². The van der Waals surface area contributed by atoms with Gasteiger partial charge in [0.25, 0.3) is 5.91 Å². The monoisotopic (exact) mass is 344 g/mol. The zero-order chi connectivity index (χ0) is 16.9. The lowest BCUT2D eigenvalue weighted by atomic mass is 10.2. The van der Waals surface area contributed by atoms with Gasteiger partial charge >= 0.3 is 0 Å². The number of amidine groups is 1. The highest BCUT2D eigenvalue weighted by molar-refractivity contribution is 8.15. The van der Waals surface area contributed by atoms with Gasteiger partial charge in [-0.05, 0) is 12.1 Å². The Hall–Kier alpha value is -2.37. The molecule has 2 aliphatic rings. The molecular formula is C16H16N4O3S. The standard InChI is InChI=1S/C16H16N4O3S/c17-10-11-3-1-2-4-12(11)18-14(21)9-13-15(22)19-16(24-13)20-5-7-23-8-6-20/h1-4,13H,5-9H2,(H,18,21). The van der Waals surface area contributed by atoms with Crippen LogP contribution in [0.25, 0.3) is 0 Å². The van der Waals surface area contributed by atoms with E-state index in [1.807, 2.05) is 11.0 Å². The van der Waals surface area contributed by atoms with Crippen molar-refractivity contribution in [3.8, 4) is 6.07 Å². The maximum atomic E-state index is 12.2. The molecule has 2 heterocycles. The molecule has 0 bridgehead atoms. The van der Waals surface area contributed by atoms with Gasteiger partial charge in [0.05, 0.1) is 24.5 Å². The normalized spacial score (nSPS) is 20.5. The van der Waals surface area contributed by atoms with Crippen LogP contribution in [-0.2, 0) is 14.3 Å². The van der Waals surface area contributed by atoms with Crippen molar-refractivity contribution < 1.29 is 14.3 Å². The largest absolute Gasteiger partial charge is 0.378 e. The first kappa shape index (κ1) is 16.5. The van der Waals surface area contributed by atoms with Crippen LogP contribution in [0.5, 0.6) is 0 Å². The molecule has 1 saturated heterocycles. The average Bonchev–Trinajstić information content (AvgIpc) is 2.97. The van der Waals surface area contributed by atoms with Gasteiger partial charge in [-0.3, -0.25) is 9.59 Å². The van der Waals surface area contributed by atoms with E-state index in [0.717, 1.165) is 0 Å². The van der Waals surface area contributed by atoms with Crippen molar-refractivity contribution in [2.24, 2.45) is 4.99 Å². The van der Waals surface area contributed by atoms with Gasteiger partial charge < -0.3 is 15.0 Å². The van der Waals surface area contributed by atoms with Gasteiger partial charge in [-0.25, -0.2) is 0 Å². The maximum absolute atomic E-state index is 12.2. The number of carbonyl (C=O) groups is 2. The minimum absolute atomic E-state index is 0.0284. The van der Waals surface area contributed by atoms with E-state index in [4.69, 9.17) is 10.00 Å². The van der Waals surface area contributed by atoms with Crippen LogP contribution in [0.3, 0.4) is 0 Å². The fourth-order valence-electron chi connectivity index (χ4n) is 2.46. The number of benzene rings is 1. The van der Waals surface area contributed by atoms with Gasteiger partial charge in [0.1, 0.15) is 11.3 Å². The predicted octanol–water partition coefficient (Wildman–Crippen LogP) is 1.22. The minimum atomic E-state index is -0.517. The van der Waals surface area contributed by atoms with Crippen LogP contribution in [0.15, 0.2) is 29.3 Å². The Morgan fingerprint density at radius 3 is 2.92 bits per heavy atom. The molecule has 2 aliphatic heterocycles. The molecule has 8 heteroatoms. The molecule has 0 aliphatic carbocycles. The Morgan fingerprint density at radius 2 is 2.17 bits per heavy atom. The summed E-state index contributed by atoms with van der Waals surface area (Å²) in [5.74, 6) is -0.591. The first-order valence-electron chi connectivity index (χ1n) is 7.58. The maximum Gasteiger partial charge on any atom is 0.262 e. The zero-order valence-corrected chi connectivity index (χ0v) is 13.7. The number of anilines is 1. The third kappa shape index (κ3) is 3.75. The fraction of sp³-hybridized carbons (Fsp3) is 0.375. The summed E-state index contributed by atoms with van der Waals surface area (Å²) < 4.78 is 5.28. The topological polar surface area (TPSA) is 94.8 Å². The summed E-state index contributed by atoms with van der Waals surface area (Å²) in [6, 6.07) is 8.79. The summed E-state index contributed by atoms with van der Waals surface area (Å²) in [6.45, 7) is 2.63. The first-order valence-corrected chi connectivity index (χ1v) is 8.46. The van der Waals surface area contributed by atoms with Gasteiger partial charge in [-0.1, -0.05) is 23.9 Å². The molecule has 0 aromatic heterocycles. The molecule has 7 nitrogen and oxygen atoms in total. The number of amides is 2. The number of ether oxygens (including phenoxy) is 1. The van der Waals surface area contributed by atoms with E-state index in [9.17, 15) is 9.59 Å². The van der Waals surface area contributed by atoms with E-state index < -0.39 is 5.25 Å². The second-order valence-corrected chi connectivity index (χ2v) is 6.52. The van der Waals surface area contributed by atoms with Crippen LogP contribution < -0.4 is 5.32 Å². The number of nitrogens with zero attached hydrogens (tertiary/aromatic N) is 3. The summed E-state index contributed by atoms with van der Waals surface area (Å²) in [6.07, 6.45) is 0.0284. The van der Waals surface area contributed by atoms with E-state index in [0.29, 0.717) is 42.7 Å². The van der Waals surface area contributed by atoms with Crippen molar-refractivity contribution in [2.75, 3.05) is 31.6 Å². The van der Waals surface area contributed by atoms with Gasteiger partial charge in [0, 0.05) is 19.5 Å². The number of hydrogen-bond acceptors (Lipinski definition) is 6. The molecule has 1 aromatic carbocycles. The second-order valence-electron chi connectivity index (χ2n) is 5.35. The van der Waals surface area contributed by atoms with E-state index in [2.05, 4.69) is 10.3 Å². The molecule has 0 radical (unpaired) electrons. The van der Waals surface area contributed by atoms with E-state index in [1.54, 1.807) is 24.3 Å². The summed E-state index contributed by atoms with van der Waals surface area (Å²) >= 11 is 1.32. The lowest BCUT2D eigenvalue weighted by Gasteiger charge is -2.27. The fourth-order valence-corrected chi connectivity index (χ4v) is 3.58. The minimum Gasteiger partial charge on any atom is -0.378 e. The zero-order valence-electron chi connectivity index (χ0n) is 12.9. The molecule has 2 amide bonds. The molecule has 1 aromatic rings. The molecule has 0 spiro atoms. The number of carbonyl (C=O) groups excluding carboxylic acids is 2. The summed E-state index contributed by atoms with van der Waals surface area (Å²) in [5, 5.41) is 11.9. The van der Waals surface area contributed by atoms with E-state index >= 15 is 0 Å². The van der Waals surface area contributed by atoms with Gasteiger partial charge in [0.2, 0.25) is 5.91 Å². The Kier molecular flexibility index (Phi) is 5.13. The van der Waals surface area contributed by atoms with E-state index in [-0.39, 0.29) is 18.2 Å². The van der Waals surface area contributed by atoms with E-state index in [1.165, 1.54) is 11.8 Å². The molecular weight excluding hydrogens is 328 g/mol. The lowest BCUT2D eigenvalue weighted by molar-refractivity contribution is -0.121. The third-order valence-electron chi connectivity index (χ3n) is 3.70. The number of rotatable bonds is 3. The first-order chi connectivity index (χ1) is 11.7. The van der Waals surface area contributed by atoms with Crippen molar-refractivity contribution in [2.45, 2.75) is 11.7 Å². The Labute approximate surface area is 143 Å². The van der Waals surface area contributed by atoms with Crippen molar-refractivity contribution >= 4 is 34.4 Å². The van der Waals surface area contributed by atoms with Crippen molar-refractivity contribution in [3.63, 3.8) is 0 Å². The molecule has 1 atom stereocenters. The van der Waals surface area contributed by atoms with Crippen molar-refractivity contribution in [1.29, 1.82) is 5.26 Å². The Balaban J connectivity index is 1.58. The quantitative estimate of drug-likeness (QED) is 0.886. The highest BCUT2D eigenvalue weighted by Crippen LogP contribution is 2.28. The molecule has 0 saturated carbocycles. The van der Waals surface area contributed by atoms with Crippen molar-refractivity contribution in [1.82, 2.24) is 4.90 Å². The van der Waals surface area contributed by atoms with Crippen LogP contribution in [0.4, 0.5) is 5.69 Å². The number of aliphatic imine (C=N–C) groups is 1. The van der Waals surface area contributed by atoms with Crippen LogP contribution >= 0.6 is 11.8 Å². The SMILES string of the molecule is N#Cc1ccccc1NC(=O)CC1SC(N2CCOCC2)=NC1=O. The molecule has 24 heavy (non-hydrogen) atoms. The van der Waals surface area contributed by atoms with Crippen LogP contribution in [0.1, 0.15) is 12.0 Å². The number of morpholine rings is 1. The van der Waals surface area contributed by atoms with Gasteiger partial charge in [-0.2, -0.15) is 10.3 Å². The summed E-state index contributed by atoms with van der Waals surface area (Å²) in [4.78, 5) is 30.3. The number of nitriles is 1. The average molecular weight is 344 g/mol. The number of para-hydroxylation sites is 1. The molecule has 1 unspecified atom stereocenters. The Morgan fingerprint density at radius 1 is 1.42 bits per heavy atom. The lowest BCUT2D eigenvalue weighted by Crippen LogP contribution is -2.39. The molecule has 1 N–H and O–H groups in total. The second kappa shape index (κ2) is 7.47. The third-order valence-corrected chi connectivity index (χ3v) is 4.92. The number of hydrogen-bond donors (Lipinski definition) is 1. The Bertz CT molecular complexity index is 722. The molecule has 124 valence electrons. The summed E-state index contributed by atoms with van der Waals surface area (Å²) in [7, 11) is 0. The van der Waals surface area contributed by atoms with Crippen molar-refractivity contribution in [3.05, 3.63) is 29.8 Å². The number of thioether (sulfide) groups is 1. The molecule has 3 rings (SSSR count).